The average Bonchev–Trinajstić information content (AvgIpc) is 3.47. The molecule has 2 aromatic heterocycles. The summed E-state index contributed by atoms with van der Waals surface area (Å²) >= 11 is 3.29. The third-order valence-corrected chi connectivity index (χ3v) is 8.86. The van der Waals surface area contributed by atoms with Gasteiger partial charge in [-0.15, -0.1) is 0 Å². The van der Waals surface area contributed by atoms with E-state index in [0.29, 0.717) is 12.0 Å². The molecule has 0 unspecified atom stereocenters. The lowest BCUT2D eigenvalue weighted by molar-refractivity contribution is -0.705. The van der Waals surface area contributed by atoms with Crippen LogP contribution in [0.1, 0.15) is 30.7 Å². The van der Waals surface area contributed by atoms with Crippen LogP contribution in [0.15, 0.2) is 47.5 Å². The van der Waals surface area contributed by atoms with Crippen LogP contribution >= 0.6 is 23.1 Å². The highest BCUT2D eigenvalue weighted by molar-refractivity contribution is 7.99. The van der Waals surface area contributed by atoms with Crippen LogP contribution in [-0.4, -0.2) is 49.1 Å². The van der Waals surface area contributed by atoms with Crippen LogP contribution in [0.5, 0.6) is 0 Å². The van der Waals surface area contributed by atoms with Gasteiger partial charge in [-0.05, 0) is 36.8 Å². The number of fused-ring (bicyclic) bond motifs is 2. The molecule has 0 saturated carbocycles. The highest BCUT2D eigenvalue weighted by Crippen LogP contribution is 2.48. The fourth-order valence-corrected chi connectivity index (χ4v) is 7.02. The number of benzene rings is 1. The molecule has 3 aromatic rings. The third-order valence-electron chi connectivity index (χ3n) is 6.52. The van der Waals surface area contributed by atoms with Crippen molar-refractivity contribution >= 4 is 51.1 Å². The number of nitro benzene ring substituents is 1. The van der Waals surface area contributed by atoms with E-state index >= 15 is 0 Å². The van der Waals surface area contributed by atoms with Crippen molar-refractivity contribution in [1.82, 2.24) is 9.30 Å². The molecule has 13 heteroatoms. The largest absolute Gasteiger partial charge is 1.00 e. The van der Waals surface area contributed by atoms with Crippen molar-refractivity contribution in [3.05, 3.63) is 63.0 Å². The van der Waals surface area contributed by atoms with Gasteiger partial charge >= 0.3 is 5.97 Å². The molecule has 1 fully saturated rings. The molecule has 1 amide bonds. The molecule has 1 N–H and O–H groups in total. The second-order valence-electron chi connectivity index (χ2n) is 8.85. The lowest BCUT2D eigenvalue weighted by Crippen LogP contribution is -3.00. The Hall–Kier alpha value is -2.49. The Morgan fingerprint density at radius 1 is 1.38 bits per heavy atom. The van der Waals surface area contributed by atoms with E-state index < -0.39 is 22.9 Å². The van der Waals surface area contributed by atoms with Crippen molar-refractivity contribution in [2.45, 2.75) is 44.0 Å². The number of β-lactam (4-membered cyclic amide) rings is 1. The van der Waals surface area contributed by atoms with Crippen LogP contribution in [0.4, 0.5) is 5.69 Å². The summed E-state index contributed by atoms with van der Waals surface area (Å²) in [6.07, 6.45) is 3.58. The summed E-state index contributed by atoms with van der Waals surface area (Å²) in [6.45, 7) is 3.60. The molecular formula is C24H25IN4O6S2. The molecule has 196 valence electrons. The molecule has 2 aliphatic rings. The topological polar surface area (TPSA) is 118 Å². The van der Waals surface area contributed by atoms with Crippen LogP contribution in [0.25, 0.3) is 10.4 Å². The first kappa shape index (κ1) is 27.5. The van der Waals surface area contributed by atoms with E-state index in [4.69, 9.17) is 4.74 Å². The maximum Gasteiger partial charge on any atom is 0.355 e. The molecule has 5 rings (SSSR count). The molecule has 10 nitrogen and oxygen atoms in total. The normalized spacial score (nSPS) is 19.5. The van der Waals surface area contributed by atoms with Crippen molar-refractivity contribution in [3.63, 3.8) is 0 Å². The number of aromatic nitrogens is 2. The SMILES string of the molecule is CCSc1c2sc(C3=C(C(=O)OCc4ccc([N+](=O)[O-])cc4)N4C(=O)[C@H]([C@@H](C)O)[C@H]4C3)cn2c[n+]1C.[I-]. The van der Waals surface area contributed by atoms with Crippen molar-refractivity contribution in [2.75, 3.05) is 5.75 Å². The Bertz CT molecular complexity index is 1410. The Kier molecular flexibility index (Phi) is 7.97. The molecule has 0 spiro atoms. The number of thiazole rings is 1. The first-order valence-electron chi connectivity index (χ1n) is 11.5. The lowest BCUT2D eigenvalue weighted by atomic mass is 9.83. The zero-order chi connectivity index (χ0) is 25.7. The Labute approximate surface area is 238 Å². The number of carbonyl (C=O) groups is 2. The van der Waals surface area contributed by atoms with Crippen molar-refractivity contribution in [3.8, 4) is 0 Å². The highest BCUT2D eigenvalue weighted by Gasteiger charge is 2.57. The van der Waals surface area contributed by atoms with Crippen LogP contribution in [0.2, 0.25) is 0 Å². The van der Waals surface area contributed by atoms with Gasteiger partial charge < -0.3 is 38.7 Å². The maximum atomic E-state index is 13.3. The number of esters is 1. The number of nitro groups is 1. The standard InChI is InChI=1S/C24H25N4O6S2.HI/c1-4-35-22-23-26(12-25(22)3)10-18(36-23)16-9-17-19(13(2)29)21(30)27(17)20(16)24(31)34-11-14-5-7-15(8-6-14)28(32)33;/h5-8,10,12-13,17,19,29H,4,9,11H2,1-3H3;1H/q+1;/p-1/t13-,17-,19-;/m1./s1. The van der Waals surface area contributed by atoms with E-state index in [-0.39, 0.29) is 53.9 Å². The predicted octanol–water partition coefficient (Wildman–Crippen LogP) is -0.0845. The third kappa shape index (κ3) is 4.77. The number of halogens is 1. The fourth-order valence-electron chi connectivity index (χ4n) is 4.85. The minimum atomic E-state index is -0.818. The van der Waals surface area contributed by atoms with Gasteiger partial charge in [-0.3, -0.25) is 14.9 Å². The average molecular weight is 657 g/mol. The van der Waals surface area contributed by atoms with E-state index in [1.165, 1.54) is 29.2 Å². The Morgan fingerprint density at radius 3 is 2.70 bits per heavy atom. The van der Waals surface area contributed by atoms with Crippen molar-refractivity contribution < 1.29 is 52.9 Å². The van der Waals surface area contributed by atoms with E-state index in [1.54, 1.807) is 30.0 Å². The summed E-state index contributed by atoms with van der Waals surface area (Å²) in [5.74, 6) is -0.557. The number of ether oxygens (including phenoxy) is 1. The zero-order valence-corrected chi connectivity index (χ0v) is 24.1. The van der Waals surface area contributed by atoms with Gasteiger partial charge in [-0.2, -0.15) is 4.40 Å². The fraction of sp³-hybridized carbons (Fsp3) is 0.375. The van der Waals surface area contributed by atoms with Gasteiger partial charge in [-0.25, -0.2) is 9.36 Å². The van der Waals surface area contributed by atoms with Crippen LogP contribution in [0.3, 0.4) is 0 Å². The van der Waals surface area contributed by atoms with Gasteiger partial charge in [0.05, 0.1) is 34.9 Å². The summed E-state index contributed by atoms with van der Waals surface area (Å²) in [6, 6.07) is 5.48. The molecule has 0 bridgehead atoms. The number of nitrogens with zero attached hydrogens (tertiary/aromatic N) is 4. The highest BCUT2D eigenvalue weighted by atomic mass is 127. The molecule has 4 heterocycles. The van der Waals surface area contributed by atoms with Gasteiger partial charge in [-0.1, -0.05) is 30.0 Å². The maximum absolute atomic E-state index is 13.3. The number of aryl methyl sites for hydroxylation is 1. The number of carbonyl (C=O) groups excluding carboxylic acids is 2. The molecule has 3 atom stereocenters. The van der Waals surface area contributed by atoms with Crippen LogP contribution in [-0.2, 0) is 28.0 Å². The van der Waals surface area contributed by atoms with Gasteiger partial charge in [0.2, 0.25) is 22.1 Å². The van der Waals surface area contributed by atoms with Gasteiger partial charge in [0.25, 0.3) is 5.69 Å². The first-order chi connectivity index (χ1) is 17.2. The smallest absolute Gasteiger partial charge is 0.355 e. The summed E-state index contributed by atoms with van der Waals surface area (Å²) in [5, 5.41) is 22.2. The van der Waals surface area contributed by atoms with Crippen LogP contribution in [0, 0.1) is 16.0 Å². The Balaban J connectivity index is 0.00000320. The zero-order valence-electron chi connectivity index (χ0n) is 20.3. The predicted molar refractivity (Wildman–Crippen MR) is 133 cm³/mol. The minimum absolute atomic E-state index is 0. The number of rotatable bonds is 8. The monoisotopic (exact) mass is 656 g/mol. The number of hydrogen-bond acceptors (Lipinski definition) is 8. The molecule has 1 aromatic carbocycles. The second kappa shape index (κ2) is 10.7. The molecule has 2 aliphatic heterocycles. The van der Waals surface area contributed by atoms with E-state index in [0.717, 1.165) is 26.1 Å². The number of hydrogen-bond donors (Lipinski definition) is 1. The van der Waals surface area contributed by atoms with E-state index in [1.807, 2.05) is 24.0 Å². The van der Waals surface area contributed by atoms with Gasteiger partial charge in [0, 0.05) is 17.7 Å². The second-order valence-corrected chi connectivity index (χ2v) is 11.1. The molecule has 1 saturated heterocycles. The number of non-ortho nitro benzene ring substituents is 1. The number of aliphatic hydroxyl groups excluding tert-OH is 1. The summed E-state index contributed by atoms with van der Waals surface area (Å²) in [4.78, 5) is 40.0. The summed E-state index contributed by atoms with van der Waals surface area (Å²) in [5.41, 5.74) is 1.49. The van der Waals surface area contributed by atoms with Gasteiger partial charge in [0.15, 0.2) is 0 Å². The lowest BCUT2D eigenvalue weighted by Gasteiger charge is -2.44. The number of thioether (sulfide) groups is 1. The molecule has 37 heavy (non-hydrogen) atoms. The number of aliphatic hydroxyl groups is 1. The quantitative estimate of drug-likeness (QED) is 0.0686. The number of amides is 1. The Morgan fingerprint density at radius 2 is 2.08 bits per heavy atom. The van der Waals surface area contributed by atoms with Crippen LogP contribution < -0.4 is 28.5 Å². The minimum Gasteiger partial charge on any atom is -1.00 e. The first-order valence-corrected chi connectivity index (χ1v) is 13.3. The summed E-state index contributed by atoms with van der Waals surface area (Å²) < 4.78 is 9.65. The van der Waals surface area contributed by atoms with Crippen molar-refractivity contribution in [2.24, 2.45) is 13.0 Å². The molecule has 0 aliphatic carbocycles. The summed E-state index contributed by atoms with van der Waals surface area (Å²) in [7, 11) is 1.99. The van der Waals surface area contributed by atoms with E-state index in [9.17, 15) is 24.8 Å². The number of imidazole rings is 1. The van der Waals surface area contributed by atoms with Gasteiger partial charge in [0.1, 0.15) is 18.5 Å². The molecule has 0 radical (unpaired) electrons. The van der Waals surface area contributed by atoms with E-state index in [2.05, 4.69) is 11.5 Å². The van der Waals surface area contributed by atoms with Crippen molar-refractivity contribution in [1.29, 1.82) is 0 Å². The molecular weight excluding hydrogens is 631 g/mol.